The van der Waals surface area contributed by atoms with E-state index >= 15 is 0 Å². The van der Waals surface area contributed by atoms with Gasteiger partial charge < -0.3 is 14.2 Å². The number of carboxylic acid groups (broad SMARTS) is 1. The summed E-state index contributed by atoms with van der Waals surface area (Å²) in [4.78, 5) is 27.7. The molecule has 3 aromatic rings. The Hall–Kier alpha value is -2.89. The molecule has 22 heavy (non-hydrogen) atoms. The minimum Gasteiger partial charge on any atom is -0.477 e. The number of aromatic carboxylic acids is 1. The molecule has 110 valence electrons. The van der Waals surface area contributed by atoms with E-state index in [-0.39, 0.29) is 5.56 Å². The van der Waals surface area contributed by atoms with Crippen molar-refractivity contribution < 1.29 is 9.90 Å². The maximum absolute atomic E-state index is 12.4. The summed E-state index contributed by atoms with van der Waals surface area (Å²) in [7, 11) is 0. The molecule has 1 aliphatic rings. The number of hydrogen-bond donors (Lipinski definition) is 1. The topological polar surface area (TPSA) is 77.1 Å². The third-order valence-electron chi connectivity index (χ3n) is 4.16. The van der Waals surface area contributed by atoms with Gasteiger partial charge in [-0.25, -0.2) is 9.78 Å². The van der Waals surface area contributed by atoms with E-state index in [9.17, 15) is 14.7 Å². The number of pyridine rings is 1. The summed E-state index contributed by atoms with van der Waals surface area (Å²) < 4.78 is 3.81. The molecule has 0 spiro atoms. The lowest BCUT2D eigenvalue weighted by Gasteiger charge is -2.23. The second-order valence-electron chi connectivity index (χ2n) is 5.40. The van der Waals surface area contributed by atoms with Gasteiger partial charge in [-0.15, -0.1) is 0 Å². The highest BCUT2D eigenvalue weighted by Gasteiger charge is 2.21. The molecule has 0 saturated carbocycles. The Morgan fingerprint density at radius 3 is 2.91 bits per heavy atom. The fourth-order valence-corrected chi connectivity index (χ4v) is 3.21. The van der Waals surface area contributed by atoms with E-state index in [0.717, 1.165) is 36.2 Å². The third-order valence-corrected chi connectivity index (χ3v) is 4.16. The molecule has 0 bridgehead atoms. The van der Waals surface area contributed by atoms with Gasteiger partial charge in [-0.2, -0.15) is 0 Å². The lowest BCUT2D eigenvalue weighted by molar-refractivity contribution is 0.0695. The summed E-state index contributed by atoms with van der Waals surface area (Å²) in [5.41, 5.74) is 2.30. The van der Waals surface area contributed by atoms with Crippen LogP contribution < -0.4 is 5.43 Å². The largest absolute Gasteiger partial charge is 0.477 e. The monoisotopic (exact) mass is 295 g/mol. The molecule has 0 fully saturated rings. The molecule has 6 nitrogen and oxygen atoms in total. The molecule has 1 N–H and O–H groups in total. The Morgan fingerprint density at radius 1 is 1.32 bits per heavy atom. The minimum atomic E-state index is -1.18. The Morgan fingerprint density at radius 2 is 2.18 bits per heavy atom. The number of aryl methyl sites for hydroxylation is 2. The van der Waals surface area contributed by atoms with Gasteiger partial charge in [0, 0.05) is 36.1 Å². The van der Waals surface area contributed by atoms with Gasteiger partial charge in [-0.05, 0) is 25.0 Å². The van der Waals surface area contributed by atoms with Crippen LogP contribution in [0.5, 0.6) is 0 Å². The Bertz CT molecular complexity index is 955. The fraction of sp³-hybridized carbons (Fsp3) is 0.188. The average molecular weight is 295 g/mol. The van der Waals surface area contributed by atoms with Crippen LogP contribution in [-0.4, -0.2) is 25.2 Å². The highest BCUT2D eigenvalue weighted by molar-refractivity contribution is 5.94. The van der Waals surface area contributed by atoms with Crippen LogP contribution in [0.25, 0.3) is 16.6 Å². The van der Waals surface area contributed by atoms with Crippen LogP contribution >= 0.6 is 0 Å². The second-order valence-corrected chi connectivity index (χ2v) is 5.40. The number of benzene rings is 1. The minimum absolute atomic E-state index is 0.171. The van der Waals surface area contributed by atoms with Gasteiger partial charge in [-0.3, -0.25) is 4.79 Å². The fourth-order valence-electron chi connectivity index (χ4n) is 3.21. The van der Waals surface area contributed by atoms with E-state index in [1.807, 2.05) is 21.4 Å². The van der Waals surface area contributed by atoms with Crippen molar-refractivity contribution in [1.82, 2.24) is 14.1 Å². The summed E-state index contributed by atoms with van der Waals surface area (Å²) in [6, 6.07) is 3.58. The number of aromatic nitrogens is 3. The van der Waals surface area contributed by atoms with Crippen molar-refractivity contribution in [2.75, 3.05) is 0 Å². The number of carboxylic acids is 1. The Balaban J connectivity index is 2.12. The molecule has 0 amide bonds. The summed E-state index contributed by atoms with van der Waals surface area (Å²) in [5, 5.41) is 9.68. The van der Waals surface area contributed by atoms with Crippen LogP contribution in [0, 0.1) is 0 Å². The van der Waals surface area contributed by atoms with E-state index in [4.69, 9.17) is 0 Å². The van der Waals surface area contributed by atoms with Gasteiger partial charge in [0.1, 0.15) is 5.56 Å². The number of rotatable bonds is 2. The highest BCUT2D eigenvalue weighted by atomic mass is 16.4. The van der Waals surface area contributed by atoms with Gasteiger partial charge in [0.05, 0.1) is 17.5 Å². The van der Waals surface area contributed by atoms with Crippen LogP contribution in [0.15, 0.2) is 41.8 Å². The predicted octanol–water partition coefficient (Wildman–Crippen LogP) is 1.83. The molecule has 0 unspecified atom stereocenters. The number of hydrogen-bond acceptors (Lipinski definition) is 3. The average Bonchev–Trinajstić information content (AvgIpc) is 3.04. The van der Waals surface area contributed by atoms with Crippen molar-refractivity contribution in [3.05, 3.63) is 58.4 Å². The molecule has 1 aliphatic heterocycles. The van der Waals surface area contributed by atoms with Gasteiger partial charge in [0.2, 0.25) is 5.43 Å². The summed E-state index contributed by atoms with van der Waals surface area (Å²) in [6.45, 7) is 0.720. The molecular formula is C16H13N3O3. The van der Waals surface area contributed by atoms with Crippen molar-refractivity contribution in [2.45, 2.75) is 19.4 Å². The zero-order valence-electron chi connectivity index (χ0n) is 11.7. The number of carbonyl (C=O) groups is 1. The van der Waals surface area contributed by atoms with Crippen molar-refractivity contribution >= 4 is 16.9 Å². The first-order valence-electron chi connectivity index (χ1n) is 7.07. The van der Waals surface area contributed by atoms with E-state index in [0.29, 0.717) is 5.39 Å². The SMILES string of the molecule is O=C(O)c1cn2c3c(c(-n4ccnc4)ccc3c1=O)CCC2. The van der Waals surface area contributed by atoms with Crippen molar-refractivity contribution in [2.24, 2.45) is 0 Å². The molecule has 2 aromatic heterocycles. The van der Waals surface area contributed by atoms with Gasteiger partial charge in [-0.1, -0.05) is 0 Å². The van der Waals surface area contributed by atoms with Gasteiger partial charge >= 0.3 is 5.97 Å². The molecule has 0 atom stereocenters. The van der Waals surface area contributed by atoms with E-state index < -0.39 is 11.4 Å². The van der Waals surface area contributed by atoms with Crippen LogP contribution in [0.3, 0.4) is 0 Å². The van der Waals surface area contributed by atoms with Crippen molar-refractivity contribution in [3.63, 3.8) is 0 Å². The Kier molecular flexibility index (Phi) is 2.66. The molecule has 0 aliphatic carbocycles. The first-order valence-corrected chi connectivity index (χ1v) is 7.07. The first-order chi connectivity index (χ1) is 10.7. The van der Waals surface area contributed by atoms with E-state index in [1.54, 1.807) is 18.6 Å². The quantitative estimate of drug-likeness (QED) is 0.782. The standard InChI is InChI=1S/C16H13N3O3/c20-15-11-3-4-13(19-7-5-17-9-19)10-2-1-6-18(14(10)11)8-12(15)16(21)22/h3-5,7-9H,1-2,6H2,(H,21,22). The summed E-state index contributed by atoms with van der Waals surface area (Å²) >= 11 is 0. The normalized spacial score (nSPS) is 13.5. The maximum Gasteiger partial charge on any atom is 0.341 e. The van der Waals surface area contributed by atoms with Crippen LogP contribution in [0.2, 0.25) is 0 Å². The molecule has 6 heteroatoms. The number of imidazole rings is 1. The molecular weight excluding hydrogens is 282 g/mol. The van der Waals surface area contributed by atoms with E-state index in [2.05, 4.69) is 4.98 Å². The maximum atomic E-state index is 12.4. The lowest BCUT2D eigenvalue weighted by atomic mass is 9.97. The van der Waals surface area contributed by atoms with E-state index in [1.165, 1.54) is 6.20 Å². The third kappa shape index (κ3) is 1.70. The first kappa shape index (κ1) is 12.8. The zero-order chi connectivity index (χ0) is 15.3. The highest BCUT2D eigenvalue weighted by Crippen LogP contribution is 2.29. The van der Waals surface area contributed by atoms with Crippen molar-refractivity contribution in [1.29, 1.82) is 0 Å². The van der Waals surface area contributed by atoms with Gasteiger partial charge in [0.25, 0.3) is 0 Å². The van der Waals surface area contributed by atoms with Crippen LogP contribution in [-0.2, 0) is 13.0 Å². The predicted molar refractivity (Wildman–Crippen MR) is 80.6 cm³/mol. The molecule has 0 radical (unpaired) electrons. The molecule has 1 aromatic carbocycles. The zero-order valence-corrected chi connectivity index (χ0v) is 11.7. The summed E-state index contributed by atoms with van der Waals surface area (Å²) in [6.07, 6.45) is 8.53. The second kappa shape index (κ2) is 4.56. The lowest BCUT2D eigenvalue weighted by Crippen LogP contribution is -2.22. The Labute approximate surface area is 125 Å². The summed E-state index contributed by atoms with van der Waals surface area (Å²) in [5.74, 6) is -1.18. The van der Waals surface area contributed by atoms with Crippen molar-refractivity contribution in [3.8, 4) is 5.69 Å². The van der Waals surface area contributed by atoms with Crippen LogP contribution in [0.1, 0.15) is 22.3 Å². The smallest absolute Gasteiger partial charge is 0.341 e. The molecule has 4 rings (SSSR count). The molecule has 3 heterocycles. The van der Waals surface area contributed by atoms with Crippen LogP contribution in [0.4, 0.5) is 0 Å². The molecule has 0 saturated heterocycles. The van der Waals surface area contributed by atoms with Gasteiger partial charge in [0.15, 0.2) is 0 Å². The number of nitrogens with zero attached hydrogens (tertiary/aromatic N) is 3.